The minimum atomic E-state index is 0.127. The van der Waals surface area contributed by atoms with Gasteiger partial charge in [0.05, 0.1) is 0 Å². The number of phenolic OH excluding ortho intramolecular Hbond substituents is 2. The van der Waals surface area contributed by atoms with E-state index in [4.69, 9.17) is 0 Å². The van der Waals surface area contributed by atoms with Crippen molar-refractivity contribution in [3.8, 4) is 11.5 Å². The maximum absolute atomic E-state index is 10.1. The maximum atomic E-state index is 10.1. The summed E-state index contributed by atoms with van der Waals surface area (Å²) in [5.41, 5.74) is 0.888. The lowest BCUT2D eigenvalue weighted by Gasteiger charge is -2.14. The van der Waals surface area contributed by atoms with E-state index in [1.807, 2.05) is 50.2 Å². The molecular weight excluding hydrogens is 236 g/mol. The zero-order valence-electron chi connectivity index (χ0n) is 11.0. The second kappa shape index (κ2) is 4.16. The Bertz CT molecular complexity index is 773. The first kappa shape index (κ1) is 11.8. The van der Waals surface area contributed by atoms with E-state index in [9.17, 15) is 10.2 Å². The molecule has 0 aliphatic carbocycles. The van der Waals surface area contributed by atoms with Crippen LogP contribution in [0.15, 0.2) is 42.5 Å². The normalized spacial score (nSPS) is 11.5. The molecule has 0 saturated carbocycles. The first-order valence-electron chi connectivity index (χ1n) is 6.45. The van der Waals surface area contributed by atoms with E-state index < -0.39 is 0 Å². The Morgan fingerprint density at radius 3 is 1.95 bits per heavy atom. The lowest BCUT2D eigenvalue weighted by Crippen LogP contribution is -1.91. The molecule has 0 unspecified atom stereocenters. The Balaban J connectivity index is 2.52. The highest BCUT2D eigenvalue weighted by molar-refractivity contribution is 6.03. The molecule has 19 heavy (non-hydrogen) atoms. The zero-order chi connectivity index (χ0) is 13.6. The molecule has 0 heterocycles. The average Bonchev–Trinajstić information content (AvgIpc) is 2.36. The second-order valence-corrected chi connectivity index (χ2v) is 5.23. The number of phenols is 2. The first-order chi connectivity index (χ1) is 9.08. The minimum Gasteiger partial charge on any atom is -0.507 e. The van der Waals surface area contributed by atoms with Gasteiger partial charge in [-0.15, -0.1) is 0 Å². The van der Waals surface area contributed by atoms with Gasteiger partial charge in [-0.2, -0.15) is 0 Å². The van der Waals surface area contributed by atoms with Gasteiger partial charge in [-0.05, 0) is 34.2 Å². The quantitative estimate of drug-likeness (QED) is 0.625. The van der Waals surface area contributed by atoms with Gasteiger partial charge in [-0.1, -0.05) is 38.1 Å². The van der Waals surface area contributed by atoms with Crippen LogP contribution < -0.4 is 0 Å². The number of benzene rings is 3. The lowest BCUT2D eigenvalue weighted by atomic mass is 9.92. The van der Waals surface area contributed by atoms with Crippen LogP contribution in [0.2, 0.25) is 0 Å². The molecule has 2 nitrogen and oxygen atoms in total. The van der Waals surface area contributed by atoms with E-state index in [-0.39, 0.29) is 17.4 Å². The molecule has 0 fully saturated rings. The Hall–Kier alpha value is -2.22. The van der Waals surface area contributed by atoms with Crippen LogP contribution in [0.1, 0.15) is 25.3 Å². The molecule has 0 radical (unpaired) electrons. The third-order valence-electron chi connectivity index (χ3n) is 3.58. The van der Waals surface area contributed by atoms with Crippen molar-refractivity contribution in [2.75, 3.05) is 0 Å². The van der Waals surface area contributed by atoms with Gasteiger partial charge >= 0.3 is 0 Å². The van der Waals surface area contributed by atoms with Crippen molar-refractivity contribution >= 4 is 21.5 Å². The highest BCUT2D eigenvalue weighted by Gasteiger charge is 2.14. The van der Waals surface area contributed by atoms with Crippen LogP contribution in [-0.2, 0) is 0 Å². The van der Waals surface area contributed by atoms with Crippen LogP contribution >= 0.6 is 0 Å². The fourth-order valence-corrected chi connectivity index (χ4v) is 2.70. The number of hydrogen-bond acceptors (Lipinski definition) is 2. The lowest BCUT2D eigenvalue weighted by molar-refractivity contribution is 0.448. The van der Waals surface area contributed by atoms with Gasteiger partial charge in [-0.3, -0.25) is 0 Å². The van der Waals surface area contributed by atoms with Crippen molar-refractivity contribution < 1.29 is 10.2 Å². The summed E-state index contributed by atoms with van der Waals surface area (Å²) in [6.45, 7) is 4.08. The molecule has 0 aliphatic rings. The Morgan fingerprint density at radius 2 is 1.37 bits per heavy atom. The van der Waals surface area contributed by atoms with Crippen molar-refractivity contribution in [2.24, 2.45) is 0 Å². The van der Waals surface area contributed by atoms with Crippen LogP contribution in [0.5, 0.6) is 11.5 Å². The molecule has 96 valence electrons. The van der Waals surface area contributed by atoms with E-state index in [1.54, 1.807) is 0 Å². The topological polar surface area (TPSA) is 40.5 Å². The summed E-state index contributed by atoms with van der Waals surface area (Å²) in [6.07, 6.45) is 0. The zero-order valence-corrected chi connectivity index (χ0v) is 11.0. The largest absolute Gasteiger partial charge is 0.507 e. The van der Waals surface area contributed by atoms with Crippen LogP contribution in [0.3, 0.4) is 0 Å². The molecular formula is C17H16O2. The number of fused-ring (bicyclic) bond motifs is 2. The van der Waals surface area contributed by atoms with Gasteiger partial charge in [-0.25, -0.2) is 0 Å². The van der Waals surface area contributed by atoms with Gasteiger partial charge in [0.25, 0.3) is 0 Å². The molecule has 0 atom stereocenters. The van der Waals surface area contributed by atoms with Gasteiger partial charge in [0, 0.05) is 17.0 Å². The van der Waals surface area contributed by atoms with E-state index in [2.05, 4.69) is 0 Å². The smallest absolute Gasteiger partial charge is 0.127 e. The molecule has 0 amide bonds. The highest BCUT2D eigenvalue weighted by atomic mass is 16.3. The van der Waals surface area contributed by atoms with Crippen molar-refractivity contribution in [1.29, 1.82) is 0 Å². The summed E-state index contributed by atoms with van der Waals surface area (Å²) in [6, 6.07) is 13.5. The van der Waals surface area contributed by atoms with E-state index in [1.165, 1.54) is 6.07 Å². The molecule has 0 saturated heterocycles. The molecule has 0 bridgehead atoms. The molecule has 0 spiro atoms. The fraction of sp³-hybridized carbons (Fsp3) is 0.176. The summed E-state index contributed by atoms with van der Waals surface area (Å²) in [5.74, 6) is 0.488. The number of aromatic hydroxyl groups is 2. The molecule has 3 rings (SSSR count). The third kappa shape index (κ3) is 1.80. The molecule has 3 aromatic carbocycles. The third-order valence-corrected chi connectivity index (χ3v) is 3.58. The van der Waals surface area contributed by atoms with Crippen molar-refractivity contribution in [3.05, 3.63) is 48.0 Å². The second-order valence-electron chi connectivity index (χ2n) is 5.23. The number of rotatable bonds is 1. The maximum Gasteiger partial charge on any atom is 0.127 e. The predicted molar refractivity (Wildman–Crippen MR) is 78.9 cm³/mol. The average molecular weight is 252 g/mol. The van der Waals surface area contributed by atoms with E-state index in [0.717, 1.165) is 27.1 Å². The fourth-order valence-electron chi connectivity index (χ4n) is 2.70. The number of hydrogen-bond donors (Lipinski definition) is 2. The van der Waals surface area contributed by atoms with Crippen molar-refractivity contribution in [2.45, 2.75) is 19.8 Å². The van der Waals surface area contributed by atoms with Crippen LogP contribution in [0.4, 0.5) is 0 Å². The molecule has 0 aromatic heterocycles. The Kier molecular flexibility index (Phi) is 2.59. The van der Waals surface area contributed by atoms with E-state index >= 15 is 0 Å². The van der Waals surface area contributed by atoms with E-state index in [0.29, 0.717) is 0 Å². The monoisotopic (exact) mass is 252 g/mol. The first-order valence-corrected chi connectivity index (χ1v) is 6.45. The minimum absolute atomic E-state index is 0.127. The van der Waals surface area contributed by atoms with Crippen LogP contribution in [0.25, 0.3) is 21.5 Å². The molecule has 2 heteroatoms. The van der Waals surface area contributed by atoms with Gasteiger partial charge in [0.1, 0.15) is 11.5 Å². The summed E-state index contributed by atoms with van der Waals surface area (Å²) in [5, 5.41) is 24.0. The highest BCUT2D eigenvalue weighted by Crippen LogP contribution is 2.40. The standard InChI is InChI=1S/C17H16O2/c1-10(2)17-14-8-12-6-4-3-5-11(12)7-13(14)15(18)9-16(17)19/h3-10,18-19H,1-2H3. The molecule has 0 aliphatic heterocycles. The summed E-state index contributed by atoms with van der Waals surface area (Å²) in [7, 11) is 0. The summed E-state index contributed by atoms with van der Waals surface area (Å²) in [4.78, 5) is 0. The van der Waals surface area contributed by atoms with Gasteiger partial charge in [0.15, 0.2) is 0 Å². The molecule has 3 aromatic rings. The van der Waals surface area contributed by atoms with Crippen molar-refractivity contribution in [3.63, 3.8) is 0 Å². The summed E-state index contributed by atoms with van der Waals surface area (Å²) < 4.78 is 0. The van der Waals surface area contributed by atoms with Crippen LogP contribution in [-0.4, -0.2) is 10.2 Å². The predicted octanol–water partition coefficient (Wildman–Crippen LogP) is 4.53. The Morgan fingerprint density at radius 1 is 0.789 bits per heavy atom. The van der Waals surface area contributed by atoms with Gasteiger partial charge in [0.2, 0.25) is 0 Å². The SMILES string of the molecule is CC(C)c1c(O)cc(O)c2cc3ccccc3cc12. The summed E-state index contributed by atoms with van der Waals surface area (Å²) >= 11 is 0. The van der Waals surface area contributed by atoms with Crippen LogP contribution in [0, 0.1) is 0 Å². The Labute approximate surface area is 111 Å². The molecule has 2 N–H and O–H groups in total. The van der Waals surface area contributed by atoms with Gasteiger partial charge < -0.3 is 10.2 Å². The van der Waals surface area contributed by atoms with Crippen molar-refractivity contribution in [1.82, 2.24) is 0 Å².